The summed E-state index contributed by atoms with van der Waals surface area (Å²) in [5.41, 5.74) is 1.10. The average Bonchev–Trinajstić information content (AvgIpc) is 3.29. The lowest BCUT2D eigenvalue weighted by molar-refractivity contribution is -0.131. The molecule has 0 aliphatic carbocycles. The molecule has 2 fully saturated rings. The first kappa shape index (κ1) is 30.2. The number of likely N-dealkylation sites (tertiary alicyclic amines) is 2. The maximum absolute atomic E-state index is 13.8. The quantitative estimate of drug-likeness (QED) is 0.330. The van der Waals surface area contributed by atoms with Crippen LogP contribution in [0.1, 0.15) is 72.9 Å². The first-order valence-corrected chi connectivity index (χ1v) is 15.1. The molecule has 0 radical (unpaired) electrons. The molecule has 228 valence electrons. The molecule has 2 saturated heterocycles. The molecule has 43 heavy (non-hydrogen) atoms. The fraction of sp³-hybridized carbons (Fsp3) is 0.469. The predicted octanol–water partition coefficient (Wildman–Crippen LogP) is 3.37. The highest BCUT2D eigenvalue weighted by atomic mass is 19.1. The summed E-state index contributed by atoms with van der Waals surface area (Å²) in [6.45, 7) is 2.84. The summed E-state index contributed by atoms with van der Waals surface area (Å²) in [6.07, 6.45) is 7.75. The number of hydrogen-bond donors (Lipinski definition) is 2. The van der Waals surface area contributed by atoms with Crippen LogP contribution >= 0.6 is 0 Å². The Morgan fingerprint density at radius 2 is 1.58 bits per heavy atom. The summed E-state index contributed by atoms with van der Waals surface area (Å²) in [6, 6.07) is 7.87. The van der Waals surface area contributed by atoms with Crippen LogP contribution < -0.4 is 10.9 Å². The summed E-state index contributed by atoms with van der Waals surface area (Å²) >= 11 is 0. The van der Waals surface area contributed by atoms with Crippen molar-refractivity contribution in [2.24, 2.45) is 0 Å². The van der Waals surface area contributed by atoms with Crippen LogP contribution in [0.2, 0.25) is 0 Å². The van der Waals surface area contributed by atoms with Crippen molar-refractivity contribution in [2.75, 3.05) is 32.7 Å². The largest absolute Gasteiger partial charge is 0.505 e. The average molecular weight is 592 g/mol. The number of aromatic nitrogens is 2. The molecule has 11 heteroatoms. The van der Waals surface area contributed by atoms with Crippen molar-refractivity contribution in [1.29, 1.82) is 0 Å². The maximum Gasteiger partial charge on any atom is 0.267 e. The first-order valence-electron chi connectivity index (χ1n) is 15.1. The third kappa shape index (κ3) is 7.21. The maximum atomic E-state index is 13.8. The van der Waals surface area contributed by atoms with E-state index in [-0.39, 0.29) is 41.8 Å². The van der Waals surface area contributed by atoms with E-state index in [1.165, 1.54) is 16.7 Å². The van der Waals surface area contributed by atoms with Crippen molar-refractivity contribution in [1.82, 2.24) is 24.7 Å². The summed E-state index contributed by atoms with van der Waals surface area (Å²) < 4.78 is 14.9. The van der Waals surface area contributed by atoms with Gasteiger partial charge in [-0.15, -0.1) is 0 Å². The van der Waals surface area contributed by atoms with Crippen LogP contribution in [0.15, 0.2) is 41.3 Å². The lowest BCUT2D eigenvalue weighted by Gasteiger charge is -2.21. The molecule has 0 unspecified atom stereocenters. The molecule has 2 aliphatic heterocycles. The Kier molecular flexibility index (Phi) is 9.68. The zero-order valence-electron chi connectivity index (χ0n) is 24.3. The number of aromatic hydroxyl groups is 1. The van der Waals surface area contributed by atoms with Gasteiger partial charge in [-0.1, -0.05) is 18.6 Å². The SMILES string of the molecule is O=C(NCCCN1CCCC1=O)c1c(O)c2ncc(Cc3ccc(F)cc3)cc2n(CCCN2CCCCCC2=O)c1=O. The van der Waals surface area contributed by atoms with Crippen LogP contribution in [-0.4, -0.2) is 74.9 Å². The van der Waals surface area contributed by atoms with Gasteiger partial charge in [-0.2, -0.15) is 0 Å². The highest BCUT2D eigenvalue weighted by molar-refractivity contribution is 6.01. The van der Waals surface area contributed by atoms with Gasteiger partial charge in [-0.25, -0.2) is 4.39 Å². The number of benzene rings is 1. The molecule has 2 aromatic heterocycles. The zero-order chi connectivity index (χ0) is 30.3. The minimum absolute atomic E-state index is 0.105. The van der Waals surface area contributed by atoms with Crippen LogP contribution in [0.4, 0.5) is 4.39 Å². The van der Waals surface area contributed by atoms with E-state index in [2.05, 4.69) is 10.3 Å². The van der Waals surface area contributed by atoms with E-state index < -0.39 is 17.2 Å². The number of carbonyl (C=O) groups is 3. The lowest BCUT2D eigenvalue weighted by atomic mass is 10.1. The summed E-state index contributed by atoms with van der Waals surface area (Å²) in [7, 11) is 0. The van der Waals surface area contributed by atoms with E-state index in [9.17, 15) is 28.7 Å². The van der Waals surface area contributed by atoms with Gasteiger partial charge >= 0.3 is 0 Å². The van der Waals surface area contributed by atoms with Gasteiger partial charge in [0.1, 0.15) is 16.9 Å². The molecular weight excluding hydrogens is 553 g/mol. The molecule has 0 atom stereocenters. The minimum Gasteiger partial charge on any atom is -0.505 e. The van der Waals surface area contributed by atoms with E-state index in [1.807, 2.05) is 4.90 Å². The fourth-order valence-corrected chi connectivity index (χ4v) is 5.90. The van der Waals surface area contributed by atoms with E-state index in [4.69, 9.17) is 0 Å². The third-order valence-corrected chi connectivity index (χ3v) is 8.23. The van der Waals surface area contributed by atoms with E-state index in [0.717, 1.165) is 36.8 Å². The molecule has 0 bridgehead atoms. The Morgan fingerprint density at radius 3 is 2.30 bits per heavy atom. The Labute approximate surface area is 249 Å². The van der Waals surface area contributed by atoms with E-state index >= 15 is 0 Å². The first-order chi connectivity index (χ1) is 20.8. The lowest BCUT2D eigenvalue weighted by Crippen LogP contribution is -2.36. The van der Waals surface area contributed by atoms with E-state index in [0.29, 0.717) is 63.8 Å². The van der Waals surface area contributed by atoms with Crippen molar-refractivity contribution in [3.05, 3.63) is 69.4 Å². The van der Waals surface area contributed by atoms with Gasteiger partial charge in [0.05, 0.1) is 5.52 Å². The van der Waals surface area contributed by atoms with Crippen LogP contribution in [0.5, 0.6) is 5.75 Å². The number of pyridine rings is 2. The van der Waals surface area contributed by atoms with Crippen LogP contribution in [-0.2, 0) is 22.6 Å². The van der Waals surface area contributed by atoms with Gasteiger partial charge in [-0.05, 0) is 67.9 Å². The molecule has 10 nitrogen and oxygen atoms in total. The minimum atomic E-state index is -0.703. The van der Waals surface area contributed by atoms with Crippen LogP contribution in [0.3, 0.4) is 0 Å². The van der Waals surface area contributed by atoms with Gasteiger partial charge in [0, 0.05) is 58.3 Å². The van der Waals surface area contributed by atoms with Crippen molar-refractivity contribution < 1.29 is 23.9 Å². The molecule has 0 saturated carbocycles. The number of hydrogen-bond acceptors (Lipinski definition) is 6. The monoisotopic (exact) mass is 591 g/mol. The molecule has 2 N–H and O–H groups in total. The van der Waals surface area contributed by atoms with Crippen molar-refractivity contribution in [2.45, 2.75) is 64.3 Å². The second-order valence-electron chi connectivity index (χ2n) is 11.3. The molecular formula is C32H38FN5O5. The van der Waals surface area contributed by atoms with Gasteiger partial charge in [0.25, 0.3) is 11.5 Å². The zero-order valence-corrected chi connectivity index (χ0v) is 24.3. The summed E-state index contributed by atoms with van der Waals surface area (Å²) in [4.78, 5) is 59.4. The van der Waals surface area contributed by atoms with E-state index in [1.54, 1.807) is 29.3 Å². The van der Waals surface area contributed by atoms with Gasteiger partial charge in [-0.3, -0.25) is 24.2 Å². The van der Waals surface area contributed by atoms with Gasteiger partial charge in [0.2, 0.25) is 11.8 Å². The van der Waals surface area contributed by atoms with Crippen LogP contribution in [0.25, 0.3) is 11.0 Å². The smallest absolute Gasteiger partial charge is 0.267 e. The Bertz CT molecular complexity index is 1550. The molecule has 3 aromatic rings. The Morgan fingerprint density at radius 1 is 0.884 bits per heavy atom. The molecule has 0 spiro atoms. The summed E-state index contributed by atoms with van der Waals surface area (Å²) in [5, 5.41) is 13.8. The number of aryl methyl sites for hydroxylation is 1. The molecule has 1 aromatic carbocycles. The normalized spacial score (nSPS) is 15.7. The highest BCUT2D eigenvalue weighted by Gasteiger charge is 2.25. The molecule has 3 amide bonds. The van der Waals surface area contributed by atoms with Gasteiger partial charge in [0.15, 0.2) is 5.75 Å². The number of nitrogens with zero attached hydrogens (tertiary/aromatic N) is 4. The highest BCUT2D eigenvalue weighted by Crippen LogP contribution is 2.26. The molecule has 2 aliphatic rings. The molecule has 5 rings (SSSR count). The number of rotatable bonds is 11. The number of nitrogens with one attached hydrogen (secondary N) is 1. The third-order valence-electron chi connectivity index (χ3n) is 8.23. The van der Waals surface area contributed by atoms with Crippen LogP contribution in [0, 0.1) is 5.82 Å². The number of amides is 3. The molecule has 4 heterocycles. The van der Waals surface area contributed by atoms with Crippen molar-refractivity contribution >= 4 is 28.8 Å². The number of halogens is 1. The number of fused-ring (bicyclic) bond motifs is 1. The number of carbonyl (C=O) groups excluding carboxylic acids is 3. The van der Waals surface area contributed by atoms with Crippen molar-refractivity contribution in [3.63, 3.8) is 0 Å². The second-order valence-corrected chi connectivity index (χ2v) is 11.3. The predicted molar refractivity (Wildman–Crippen MR) is 159 cm³/mol. The second kappa shape index (κ2) is 13.8. The topological polar surface area (TPSA) is 125 Å². The standard InChI is InChI=1S/C32H38FN5O5/c33-24-11-9-22(10-12-24)19-23-20-25-29(35-21-23)30(41)28(31(42)34-13-5-16-37-15-4-8-27(37)40)32(43)38(25)18-6-17-36-14-3-1-2-7-26(36)39/h9-12,20-21,41H,1-8,13-19H2,(H,34,42). The Hall–Kier alpha value is -4.28. The fourth-order valence-electron chi connectivity index (χ4n) is 5.90. The van der Waals surface area contributed by atoms with Crippen molar-refractivity contribution in [3.8, 4) is 5.75 Å². The summed E-state index contributed by atoms with van der Waals surface area (Å²) in [5.74, 6) is -1.31. The Balaban J connectivity index is 1.40. The van der Waals surface area contributed by atoms with Gasteiger partial charge < -0.3 is 24.8 Å².